The van der Waals surface area contributed by atoms with Gasteiger partial charge < -0.3 is 20.7 Å². The number of ether oxygens (including phenoxy) is 1. The molecule has 37 heavy (non-hydrogen) atoms. The van der Waals surface area contributed by atoms with Crippen molar-refractivity contribution < 1.29 is 13.9 Å². The van der Waals surface area contributed by atoms with E-state index in [1.807, 2.05) is 36.4 Å². The maximum Gasteiger partial charge on any atom is 0.255 e. The van der Waals surface area contributed by atoms with Gasteiger partial charge in [0.05, 0.1) is 22.9 Å². The van der Waals surface area contributed by atoms with Gasteiger partial charge in [-0.05, 0) is 23.8 Å². The number of hydrogen-bond acceptors (Lipinski definition) is 8. The van der Waals surface area contributed by atoms with E-state index in [-0.39, 0.29) is 23.4 Å². The van der Waals surface area contributed by atoms with Crippen molar-refractivity contribution in [1.82, 2.24) is 19.9 Å². The monoisotopic (exact) mass is 497 g/mol. The lowest BCUT2D eigenvalue weighted by molar-refractivity contribution is -0.0190. The molecule has 10 heteroatoms. The van der Waals surface area contributed by atoms with Gasteiger partial charge in [0.2, 0.25) is 0 Å². The maximum atomic E-state index is 14.4. The summed E-state index contributed by atoms with van der Waals surface area (Å²) in [6.07, 6.45) is 1.66. The molecule has 9 nitrogen and oxygen atoms in total. The van der Waals surface area contributed by atoms with Gasteiger partial charge in [0, 0.05) is 44.1 Å². The number of pyridine rings is 1. The topological polar surface area (TPSA) is 130 Å². The van der Waals surface area contributed by atoms with Crippen molar-refractivity contribution in [3.8, 4) is 17.2 Å². The number of carbonyl (C=O) groups is 1. The highest BCUT2D eigenvalue weighted by molar-refractivity contribution is 6.12. The van der Waals surface area contributed by atoms with Crippen molar-refractivity contribution in [1.29, 1.82) is 5.26 Å². The number of anilines is 2. The fraction of sp³-hybridized carbons (Fsp3) is 0.222. The molecule has 0 spiro atoms. The van der Waals surface area contributed by atoms with E-state index in [2.05, 4.69) is 15.3 Å². The molecular weight excluding hydrogens is 473 g/mol. The standard InChI is InChI=1S/C27H24FN7O2/c1-37-18-13-35(14-18)27(36)24-19-11-17(28)7-8-21(19)34-22(23(24)16-5-3-2-4-6-16)9-10-31-26-20(12-29)25(30)32-15-33-26/h2-8,11,15,18H,9-10,13-14H2,1H3,(H3,30,31,32,33). The van der Waals surface area contributed by atoms with E-state index in [9.17, 15) is 14.4 Å². The van der Waals surface area contributed by atoms with Crippen molar-refractivity contribution in [3.63, 3.8) is 0 Å². The summed E-state index contributed by atoms with van der Waals surface area (Å²) in [5.74, 6) is -0.232. The van der Waals surface area contributed by atoms with E-state index in [4.69, 9.17) is 15.5 Å². The highest BCUT2D eigenvalue weighted by atomic mass is 19.1. The van der Waals surface area contributed by atoms with E-state index in [0.29, 0.717) is 59.6 Å². The average molecular weight is 498 g/mol. The molecule has 5 rings (SSSR count). The zero-order valence-electron chi connectivity index (χ0n) is 20.1. The van der Waals surface area contributed by atoms with Gasteiger partial charge in [-0.2, -0.15) is 5.26 Å². The van der Waals surface area contributed by atoms with Crippen LogP contribution in [0, 0.1) is 17.1 Å². The lowest BCUT2D eigenvalue weighted by Crippen LogP contribution is -2.54. The zero-order valence-corrected chi connectivity index (χ0v) is 20.1. The first-order valence-electron chi connectivity index (χ1n) is 11.7. The van der Waals surface area contributed by atoms with Crippen LogP contribution in [0.15, 0.2) is 54.9 Å². The normalized spacial score (nSPS) is 13.3. The molecule has 1 fully saturated rings. The van der Waals surface area contributed by atoms with Crippen molar-refractivity contribution in [2.75, 3.05) is 37.8 Å². The number of nitriles is 1. The Bertz CT molecular complexity index is 1520. The Morgan fingerprint density at radius 3 is 2.76 bits per heavy atom. The first kappa shape index (κ1) is 24.1. The number of aromatic nitrogens is 3. The predicted molar refractivity (Wildman–Crippen MR) is 137 cm³/mol. The molecule has 3 heterocycles. The number of fused-ring (bicyclic) bond motifs is 1. The summed E-state index contributed by atoms with van der Waals surface area (Å²) in [7, 11) is 1.62. The van der Waals surface area contributed by atoms with Crippen molar-refractivity contribution in [2.45, 2.75) is 12.5 Å². The summed E-state index contributed by atoms with van der Waals surface area (Å²) in [5, 5.41) is 13.0. The Kier molecular flexibility index (Phi) is 6.62. The molecule has 2 aromatic heterocycles. The highest BCUT2D eigenvalue weighted by Crippen LogP contribution is 2.35. The van der Waals surface area contributed by atoms with E-state index < -0.39 is 5.82 Å². The van der Waals surface area contributed by atoms with Crippen LogP contribution in [0.2, 0.25) is 0 Å². The molecule has 1 aliphatic rings. The summed E-state index contributed by atoms with van der Waals surface area (Å²) in [4.78, 5) is 28.3. The third kappa shape index (κ3) is 4.64. The van der Waals surface area contributed by atoms with E-state index in [1.54, 1.807) is 18.1 Å². The van der Waals surface area contributed by atoms with Crippen LogP contribution in [0.25, 0.3) is 22.0 Å². The molecule has 1 aliphatic heterocycles. The van der Waals surface area contributed by atoms with Crippen LogP contribution in [-0.2, 0) is 11.2 Å². The van der Waals surface area contributed by atoms with Gasteiger partial charge in [0.15, 0.2) is 0 Å². The van der Waals surface area contributed by atoms with Crippen LogP contribution >= 0.6 is 0 Å². The molecule has 0 atom stereocenters. The number of hydrogen-bond donors (Lipinski definition) is 2. The lowest BCUT2D eigenvalue weighted by Gasteiger charge is -2.38. The van der Waals surface area contributed by atoms with E-state index in [1.165, 1.54) is 18.5 Å². The third-order valence-electron chi connectivity index (χ3n) is 6.41. The average Bonchev–Trinajstić information content (AvgIpc) is 2.88. The largest absolute Gasteiger partial charge is 0.382 e. The summed E-state index contributed by atoms with van der Waals surface area (Å²) >= 11 is 0. The third-order valence-corrected chi connectivity index (χ3v) is 6.41. The van der Waals surface area contributed by atoms with Gasteiger partial charge in [-0.25, -0.2) is 14.4 Å². The number of nitrogens with two attached hydrogens (primary N) is 1. The van der Waals surface area contributed by atoms with E-state index >= 15 is 0 Å². The first-order valence-corrected chi connectivity index (χ1v) is 11.7. The predicted octanol–water partition coefficient (Wildman–Crippen LogP) is 3.41. The van der Waals surface area contributed by atoms with Crippen molar-refractivity contribution in [3.05, 3.63) is 77.5 Å². The maximum absolute atomic E-state index is 14.4. The number of methoxy groups -OCH3 is 1. The molecule has 0 radical (unpaired) electrons. The molecule has 0 aliphatic carbocycles. The number of rotatable bonds is 7. The second kappa shape index (κ2) is 10.2. The minimum absolute atomic E-state index is 0.0211. The van der Waals surface area contributed by atoms with Crippen LogP contribution in [0.1, 0.15) is 21.6 Å². The van der Waals surface area contributed by atoms with Gasteiger partial charge in [-0.1, -0.05) is 30.3 Å². The van der Waals surface area contributed by atoms with Crippen LogP contribution in [0.3, 0.4) is 0 Å². The highest BCUT2D eigenvalue weighted by Gasteiger charge is 2.34. The fourth-order valence-electron chi connectivity index (χ4n) is 4.46. The minimum Gasteiger partial charge on any atom is -0.382 e. The van der Waals surface area contributed by atoms with Gasteiger partial charge >= 0.3 is 0 Å². The van der Waals surface area contributed by atoms with Crippen molar-refractivity contribution >= 4 is 28.4 Å². The fourth-order valence-corrected chi connectivity index (χ4v) is 4.46. The van der Waals surface area contributed by atoms with Crippen LogP contribution < -0.4 is 11.1 Å². The Labute approximate surface area is 212 Å². The first-order chi connectivity index (χ1) is 18.0. The molecule has 1 amide bonds. The number of nitrogens with one attached hydrogen (secondary N) is 1. The quantitative estimate of drug-likeness (QED) is 0.397. The SMILES string of the molecule is COC1CN(C(=O)c2c(-c3ccccc3)c(CCNc3ncnc(N)c3C#N)nc3ccc(F)cc23)C1. The van der Waals surface area contributed by atoms with Gasteiger partial charge in [-0.3, -0.25) is 9.78 Å². The van der Waals surface area contributed by atoms with Gasteiger partial charge in [-0.15, -0.1) is 0 Å². The molecule has 0 bridgehead atoms. The minimum atomic E-state index is -0.444. The number of benzene rings is 2. The van der Waals surface area contributed by atoms with E-state index in [0.717, 1.165) is 5.56 Å². The van der Waals surface area contributed by atoms with Gasteiger partial charge in [0.25, 0.3) is 5.91 Å². The number of carbonyl (C=O) groups excluding carboxylic acids is 1. The Hall–Kier alpha value is -4.62. The summed E-state index contributed by atoms with van der Waals surface area (Å²) < 4.78 is 19.7. The number of likely N-dealkylation sites (tertiary alicyclic amines) is 1. The molecule has 1 saturated heterocycles. The number of halogens is 1. The zero-order chi connectivity index (χ0) is 25.9. The van der Waals surface area contributed by atoms with Crippen LogP contribution in [0.5, 0.6) is 0 Å². The summed E-state index contributed by atoms with van der Waals surface area (Å²) in [6.45, 7) is 1.28. The summed E-state index contributed by atoms with van der Waals surface area (Å²) in [6, 6.07) is 15.8. The number of nitrogen functional groups attached to an aromatic ring is 1. The number of nitrogens with zero attached hydrogens (tertiary/aromatic N) is 5. The van der Waals surface area contributed by atoms with Crippen molar-refractivity contribution in [2.24, 2.45) is 0 Å². The van der Waals surface area contributed by atoms with Gasteiger partial charge in [0.1, 0.15) is 35.4 Å². The molecule has 3 N–H and O–H groups in total. The molecular formula is C27H24FN7O2. The van der Waals surface area contributed by atoms with Crippen LogP contribution in [0.4, 0.5) is 16.0 Å². The second-order valence-electron chi connectivity index (χ2n) is 8.67. The Balaban J connectivity index is 1.60. The Morgan fingerprint density at radius 2 is 2.03 bits per heavy atom. The lowest BCUT2D eigenvalue weighted by atomic mass is 9.91. The molecule has 186 valence electrons. The molecule has 2 aromatic carbocycles. The number of amides is 1. The second-order valence-corrected chi connectivity index (χ2v) is 8.67. The molecule has 0 saturated carbocycles. The van der Waals surface area contributed by atoms with Crippen LogP contribution in [-0.4, -0.2) is 58.6 Å². The smallest absolute Gasteiger partial charge is 0.255 e. The molecule has 0 unspecified atom stereocenters. The Morgan fingerprint density at radius 1 is 1.24 bits per heavy atom. The summed E-state index contributed by atoms with van der Waals surface area (Å²) in [5.41, 5.74) is 8.99. The molecule has 4 aromatic rings.